The molecule has 5 heteroatoms. The number of rotatable bonds is 4. The van der Waals surface area contributed by atoms with Crippen LogP contribution in [0.15, 0.2) is 36.4 Å². The highest BCUT2D eigenvalue weighted by Gasteiger charge is 2.72. The minimum atomic E-state index is -0.447. The summed E-state index contributed by atoms with van der Waals surface area (Å²) < 4.78 is 6.13. The van der Waals surface area contributed by atoms with Crippen molar-refractivity contribution in [3.63, 3.8) is 0 Å². The summed E-state index contributed by atoms with van der Waals surface area (Å²) in [6, 6.07) is 4.45. The zero-order valence-electron chi connectivity index (χ0n) is 28.2. The Morgan fingerprint density at radius 2 is 1.66 bits per heavy atom. The highest BCUT2D eigenvalue weighted by molar-refractivity contribution is 5.87. The quantitative estimate of drug-likeness (QED) is 0.139. The van der Waals surface area contributed by atoms with Crippen molar-refractivity contribution >= 4 is 12.0 Å². The van der Waals surface area contributed by atoms with Crippen molar-refractivity contribution in [1.82, 2.24) is 0 Å². The van der Waals surface area contributed by atoms with Crippen LogP contribution in [0.1, 0.15) is 112 Å². The monoisotopic (exact) mass is 604 g/mol. The molecule has 0 heterocycles. The number of aliphatic hydroxyl groups is 1. The molecule has 5 aliphatic carbocycles. The van der Waals surface area contributed by atoms with Crippen LogP contribution in [-0.2, 0) is 9.53 Å². The lowest BCUT2D eigenvalue weighted by Crippen LogP contribution is -2.69. The third kappa shape index (κ3) is 4.45. The number of phenolic OH excluding ortho intramolecular Hbond substituents is 2. The summed E-state index contributed by atoms with van der Waals surface area (Å²) in [5, 5.41) is 31.6. The van der Waals surface area contributed by atoms with E-state index >= 15 is 0 Å². The molecule has 0 spiro atoms. The Hall–Kier alpha value is -2.27. The second-order valence-electron chi connectivity index (χ2n) is 17.4. The lowest BCUT2D eigenvalue weighted by atomic mass is 9.32. The summed E-state index contributed by atoms with van der Waals surface area (Å²) in [6.07, 6.45) is 12.4. The van der Waals surface area contributed by atoms with Crippen LogP contribution in [0.3, 0.4) is 0 Å². The van der Waals surface area contributed by atoms with Crippen molar-refractivity contribution in [2.75, 3.05) is 0 Å². The number of hydrogen-bond acceptors (Lipinski definition) is 5. The van der Waals surface area contributed by atoms with Gasteiger partial charge in [-0.15, -0.1) is 0 Å². The molecule has 44 heavy (non-hydrogen) atoms. The SMILES string of the molecule is C=C(C)C1CCC2(C)CCC3(C)C(CCC4C5(C)CCC(OC(=O)C=Cc6ccc(O)c(O)c6)C(C)(C)C5C(O)CC43C)C12. The molecule has 0 amide bonds. The molecule has 1 aromatic carbocycles. The fraction of sp³-hybridized carbons (Fsp3) is 0.718. The molecule has 242 valence electrons. The summed E-state index contributed by atoms with van der Waals surface area (Å²) in [6.45, 7) is 21.3. The molecular formula is C39H56O5. The van der Waals surface area contributed by atoms with Crippen molar-refractivity contribution in [3.05, 3.63) is 42.0 Å². The van der Waals surface area contributed by atoms with E-state index in [0.717, 1.165) is 19.3 Å². The predicted octanol–water partition coefficient (Wildman–Crippen LogP) is 8.67. The van der Waals surface area contributed by atoms with Crippen LogP contribution in [0.5, 0.6) is 11.5 Å². The highest BCUT2D eigenvalue weighted by Crippen LogP contribution is 2.77. The zero-order valence-corrected chi connectivity index (χ0v) is 28.2. The number of benzene rings is 1. The van der Waals surface area contributed by atoms with Crippen LogP contribution >= 0.6 is 0 Å². The molecule has 0 radical (unpaired) electrons. The van der Waals surface area contributed by atoms with Gasteiger partial charge in [0.2, 0.25) is 0 Å². The standard InChI is InChI=1S/C39H56O5/c1-23(2)25-15-17-36(5)19-20-38(7)26(33(25)36)11-13-30-37(6)18-16-31(35(3,4)34(37)29(42)22-39(30,38)8)44-32(43)14-10-24-9-12-27(40)28(41)21-24/h9-10,12,14,21,25-26,29-31,33-34,40-42H,1,11,13,15-20,22H2,2-8H3. The zero-order chi connectivity index (χ0) is 32.0. The Kier molecular flexibility index (Phi) is 7.47. The van der Waals surface area contributed by atoms with Crippen molar-refractivity contribution in [1.29, 1.82) is 0 Å². The smallest absolute Gasteiger partial charge is 0.331 e. The maximum atomic E-state index is 13.0. The molecule has 5 saturated carbocycles. The van der Waals surface area contributed by atoms with Gasteiger partial charge in [0, 0.05) is 11.5 Å². The number of esters is 1. The maximum absolute atomic E-state index is 13.0. The molecule has 0 saturated heterocycles. The maximum Gasteiger partial charge on any atom is 0.331 e. The van der Waals surface area contributed by atoms with Crippen LogP contribution < -0.4 is 0 Å². The molecule has 11 unspecified atom stereocenters. The Morgan fingerprint density at radius 1 is 0.932 bits per heavy atom. The second kappa shape index (κ2) is 10.4. The number of aromatic hydroxyl groups is 2. The second-order valence-corrected chi connectivity index (χ2v) is 17.4. The topological polar surface area (TPSA) is 87.0 Å². The first-order chi connectivity index (χ1) is 20.5. The first kappa shape index (κ1) is 31.7. The van der Waals surface area contributed by atoms with Crippen LogP contribution in [-0.4, -0.2) is 33.5 Å². The number of carbonyl (C=O) groups excluding carboxylic acids is 1. The van der Waals surface area contributed by atoms with E-state index in [1.165, 1.54) is 62.3 Å². The molecule has 1 aromatic rings. The average molecular weight is 605 g/mol. The number of carbonyl (C=O) groups is 1. The van der Waals surface area contributed by atoms with Gasteiger partial charge in [-0.3, -0.25) is 0 Å². The van der Waals surface area contributed by atoms with E-state index in [4.69, 9.17) is 4.74 Å². The minimum Gasteiger partial charge on any atom is -0.504 e. The molecule has 3 N–H and O–H groups in total. The molecular weight excluding hydrogens is 548 g/mol. The van der Waals surface area contributed by atoms with Crippen molar-refractivity contribution < 1.29 is 24.9 Å². The molecule has 0 aliphatic heterocycles. The highest BCUT2D eigenvalue weighted by atomic mass is 16.5. The van der Waals surface area contributed by atoms with Gasteiger partial charge in [0.05, 0.1) is 6.10 Å². The summed E-state index contributed by atoms with van der Waals surface area (Å²) in [7, 11) is 0. The molecule has 0 aromatic heterocycles. The Labute approximate surface area is 265 Å². The molecule has 11 atom stereocenters. The van der Waals surface area contributed by atoms with E-state index in [9.17, 15) is 20.1 Å². The minimum absolute atomic E-state index is 0.0314. The van der Waals surface area contributed by atoms with E-state index in [0.29, 0.717) is 34.7 Å². The van der Waals surface area contributed by atoms with Gasteiger partial charge in [-0.2, -0.15) is 0 Å². The van der Waals surface area contributed by atoms with Crippen molar-refractivity contribution in [3.8, 4) is 11.5 Å². The van der Waals surface area contributed by atoms with Gasteiger partial charge in [-0.1, -0.05) is 59.8 Å². The van der Waals surface area contributed by atoms with Crippen LogP contribution in [0.2, 0.25) is 0 Å². The number of ether oxygens (including phenoxy) is 1. The van der Waals surface area contributed by atoms with Gasteiger partial charge in [-0.05, 0) is 140 Å². The third-order valence-electron chi connectivity index (χ3n) is 15.0. The van der Waals surface area contributed by atoms with Gasteiger partial charge in [0.25, 0.3) is 0 Å². The fourth-order valence-corrected chi connectivity index (χ4v) is 12.9. The summed E-state index contributed by atoms with van der Waals surface area (Å²) in [5.74, 6) is 1.72. The Morgan fingerprint density at radius 3 is 2.34 bits per heavy atom. The lowest BCUT2D eigenvalue weighted by Gasteiger charge is -2.73. The number of aliphatic hydroxyl groups excluding tert-OH is 1. The summed E-state index contributed by atoms with van der Waals surface area (Å²) >= 11 is 0. The van der Waals surface area contributed by atoms with E-state index in [2.05, 4.69) is 55.0 Å². The number of hydrogen-bond donors (Lipinski definition) is 3. The summed E-state index contributed by atoms with van der Waals surface area (Å²) in [4.78, 5) is 13.0. The van der Waals surface area contributed by atoms with Gasteiger partial charge in [0.15, 0.2) is 11.5 Å². The Bertz CT molecular complexity index is 1360. The van der Waals surface area contributed by atoms with Crippen LogP contribution in [0.4, 0.5) is 0 Å². The molecule has 5 aliphatic rings. The molecule has 5 nitrogen and oxygen atoms in total. The fourth-order valence-electron chi connectivity index (χ4n) is 12.9. The van der Waals surface area contributed by atoms with Gasteiger partial charge < -0.3 is 20.1 Å². The van der Waals surface area contributed by atoms with E-state index in [1.807, 2.05) is 0 Å². The van der Waals surface area contributed by atoms with Crippen LogP contribution in [0, 0.1) is 56.7 Å². The lowest BCUT2D eigenvalue weighted by molar-refractivity contribution is -0.275. The molecule has 6 rings (SSSR count). The molecule has 0 bridgehead atoms. The van der Waals surface area contributed by atoms with E-state index < -0.39 is 12.1 Å². The molecule has 5 fully saturated rings. The third-order valence-corrected chi connectivity index (χ3v) is 15.0. The van der Waals surface area contributed by atoms with Gasteiger partial charge >= 0.3 is 5.97 Å². The van der Waals surface area contributed by atoms with E-state index in [-0.39, 0.29) is 45.2 Å². The van der Waals surface area contributed by atoms with Crippen LogP contribution in [0.25, 0.3) is 6.08 Å². The van der Waals surface area contributed by atoms with Crippen molar-refractivity contribution in [2.24, 2.45) is 56.7 Å². The first-order valence-electron chi connectivity index (χ1n) is 17.2. The number of phenols is 2. The number of allylic oxidation sites excluding steroid dienone is 1. The summed E-state index contributed by atoms with van der Waals surface area (Å²) in [5.41, 5.74) is 2.23. The Balaban J connectivity index is 1.25. The first-order valence-corrected chi connectivity index (χ1v) is 17.2. The normalized spacial score (nSPS) is 46.0. The number of fused-ring (bicyclic) bond motifs is 7. The average Bonchev–Trinajstić information content (AvgIpc) is 3.29. The largest absolute Gasteiger partial charge is 0.504 e. The van der Waals surface area contributed by atoms with Gasteiger partial charge in [-0.25, -0.2) is 4.79 Å². The van der Waals surface area contributed by atoms with Gasteiger partial charge in [0.1, 0.15) is 6.10 Å². The van der Waals surface area contributed by atoms with E-state index in [1.54, 1.807) is 12.1 Å². The van der Waals surface area contributed by atoms with Crippen molar-refractivity contribution in [2.45, 2.75) is 118 Å². The predicted molar refractivity (Wildman–Crippen MR) is 175 cm³/mol.